The Morgan fingerprint density at radius 1 is 0.786 bits per heavy atom. The molecule has 42 heavy (non-hydrogen) atoms. The Kier molecular flexibility index (Phi) is 6.25. The van der Waals surface area contributed by atoms with E-state index >= 15 is 0 Å². The van der Waals surface area contributed by atoms with Gasteiger partial charge in [-0.15, -0.1) is 0 Å². The summed E-state index contributed by atoms with van der Waals surface area (Å²) in [6.07, 6.45) is 4.97. The van der Waals surface area contributed by atoms with Crippen LogP contribution in [0.3, 0.4) is 0 Å². The van der Waals surface area contributed by atoms with E-state index in [-0.39, 0.29) is 17.4 Å². The zero-order valence-corrected chi connectivity index (χ0v) is 21.9. The molecule has 3 aromatic carbocycles. The lowest BCUT2D eigenvalue weighted by atomic mass is 10.0. The molecule has 7 rings (SSSR count). The molecule has 0 unspecified atom stereocenters. The Hall–Kier alpha value is -6.03. The minimum Gasteiger partial charge on any atom is -0.324 e. The first-order valence-corrected chi connectivity index (χ1v) is 13.1. The molecule has 0 radical (unpaired) electrons. The molecule has 0 spiro atoms. The summed E-state index contributed by atoms with van der Waals surface area (Å²) in [5, 5.41) is 10.8. The zero-order chi connectivity index (χ0) is 28.5. The number of hydrogen-bond donors (Lipinski definition) is 2. The summed E-state index contributed by atoms with van der Waals surface area (Å²) >= 11 is 0. The molecular formula is C32H21FN8O. The molecule has 2 N–H and O–H groups in total. The normalized spacial score (nSPS) is 11.1. The van der Waals surface area contributed by atoms with Crippen molar-refractivity contribution in [2.45, 2.75) is 0 Å². The number of hydrogen-bond acceptors (Lipinski definition) is 7. The maximum atomic E-state index is 13.7. The predicted molar refractivity (Wildman–Crippen MR) is 159 cm³/mol. The molecule has 10 heteroatoms. The molecule has 0 aliphatic rings. The number of amides is 1. The van der Waals surface area contributed by atoms with Crippen LogP contribution in [0.5, 0.6) is 0 Å². The average molecular weight is 553 g/mol. The van der Waals surface area contributed by atoms with Crippen molar-refractivity contribution in [3.63, 3.8) is 0 Å². The third kappa shape index (κ3) is 4.88. The largest absolute Gasteiger partial charge is 0.324 e. The highest BCUT2D eigenvalue weighted by molar-refractivity contribution is 6.04. The van der Waals surface area contributed by atoms with Crippen LogP contribution in [0.4, 0.5) is 21.7 Å². The van der Waals surface area contributed by atoms with Crippen molar-refractivity contribution in [2.24, 2.45) is 0 Å². The van der Waals surface area contributed by atoms with Crippen LogP contribution in [0.25, 0.3) is 39.1 Å². The van der Waals surface area contributed by atoms with Crippen molar-refractivity contribution < 1.29 is 9.18 Å². The van der Waals surface area contributed by atoms with Crippen LogP contribution in [0.15, 0.2) is 116 Å². The van der Waals surface area contributed by atoms with Crippen LogP contribution in [0.2, 0.25) is 0 Å². The summed E-state index contributed by atoms with van der Waals surface area (Å²) in [5.41, 5.74) is 6.37. The Labute approximate surface area is 238 Å². The third-order valence-corrected chi connectivity index (χ3v) is 6.61. The van der Waals surface area contributed by atoms with E-state index in [0.29, 0.717) is 34.2 Å². The molecule has 1 amide bonds. The van der Waals surface area contributed by atoms with Crippen LogP contribution >= 0.6 is 0 Å². The lowest BCUT2D eigenvalue weighted by molar-refractivity contribution is 0.102. The first-order chi connectivity index (χ1) is 20.6. The van der Waals surface area contributed by atoms with Crippen molar-refractivity contribution in [3.05, 3.63) is 127 Å². The number of rotatable bonds is 6. The maximum absolute atomic E-state index is 13.7. The fourth-order valence-corrected chi connectivity index (χ4v) is 4.71. The number of para-hydroxylation sites is 2. The Balaban J connectivity index is 1.24. The van der Waals surface area contributed by atoms with Crippen molar-refractivity contribution in [2.75, 3.05) is 10.6 Å². The van der Waals surface area contributed by atoms with Gasteiger partial charge in [-0.1, -0.05) is 36.4 Å². The van der Waals surface area contributed by atoms with Gasteiger partial charge in [-0.05, 0) is 60.7 Å². The Morgan fingerprint density at radius 3 is 2.52 bits per heavy atom. The van der Waals surface area contributed by atoms with E-state index in [1.165, 1.54) is 18.3 Å². The number of carbonyl (C=O) groups excluding carboxylic acids is 1. The van der Waals surface area contributed by atoms with Gasteiger partial charge in [0.2, 0.25) is 5.95 Å². The minimum absolute atomic E-state index is 0.215. The summed E-state index contributed by atoms with van der Waals surface area (Å²) in [6.45, 7) is 0. The summed E-state index contributed by atoms with van der Waals surface area (Å²) < 4.78 is 15.5. The first kappa shape index (κ1) is 25.0. The standard InChI is InChI=1S/C32H21FN8O/c33-21-8-6-10-23(18-21)37-32-34-15-14-26(39-32)29-28-13-3-4-16-41(28)40-30(29)20-7-5-9-22(17-20)36-31(42)27-19-35-24-11-1-2-12-25(24)38-27/h1-19H,(H,36,42)(H,34,37,39). The van der Waals surface area contributed by atoms with Gasteiger partial charge < -0.3 is 10.6 Å². The predicted octanol–water partition coefficient (Wildman–Crippen LogP) is 6.54. The lowest BCUT2D eigenvalue weighted by Gasteiger charge is -2.09. The molecule has 0 fully saturated rings. The van der Waals surface area contributed by atoms with Gasteiger partial charge in [0.05, 0.1) is 34.0 Å². The van der Waals surface area contributed by atoms with Gasteiger partial charge in [0.25, 0.3) is 5.91 Å². The number of nitrogens with zero attached hydrogens (tertiary/aromatic N) is 6. The SMILES string of the molecule is O=C(Nc1cccc(-c2nn3ccccc3c2-c2ccnc(Nc3cccc(F)c3)n2)c1)c1cnc2ccccc2n1. The molecule has 0 aliphatic carbocycles. The van der Waals surface area contributed by atoms with Gasteiger partial charge in [0, 0.05) is 29.3 Å². The number of carbonyl (C=O) groups is 1. The van der Waals surface area contributed by atoms with Crippen molar-refractivity contribution in [3.8, 4) is 22.5 Å². The molecule has 0 bridgehead atoms. The second-order valence-corrected chi connectivity index (χ2v) is 9.43. The third-order valence-electron chi connectivity index (χ3n) is 6.61. The number of fused-ring (bicyclic) bond motifs is 2. The first-order valence-electron chi connectivity index (χ1n) is 13.1. The Morgan fingerprint density at radius 2 is 1.62 bits per heavy atom. The number of benzene rings is 3. The van der Waals surface area contributed by atoms with E-state index in [9.17, 15) is 9.18 Å². The van der Waals surface area contributed by atoms with E-state index < -0.39 is 0 Å². The van der Waals surface area contributed by atoms with Crippen molar-refractivity contribution in [1.82, 2.24) is 29.5 Å². The number of pyridine rings is 1. The molecule has 7 aromatic rings. The van der Waals surface area contributed by atoms with Crippen LogP contribution in [0.1, 0.15) is 10.5 Å². The van der Waals surface area contributed by atoms with E-state index in [4.69, 9.17) is 10.1 Å². The molecule has 0 aliphatic heterocycles. The number of nitrogens with one attached hydrogen (secondary N) is 2. The lowest BCUT2D eigenvalue weighted by Crippen LogP contribution is -2.14. The molecule has 4 aromatic heterocycles. The van der Waals surface area contributed by atoms with E-state index in [1.807, 2.05) is 66.9 Å². The van der Waals surface area contributed by atoms with Gasteiger partial charge >= 0.3 is 0 Å². The molecule has 0 saturated heterocycles. The number of halogens is 1. The van der Waals surface area contributed by atoms with Gasteiger partial charge in [-0.3, -0.25) is 9.78 Å². The summed E-state index contributed by atoms with van der Waals surface area (Å²) in [7, 11) is 0. The molecule has 9 nitrogen and oxygen atoms in total. The van der Waals surface area contributed by atoms with Crippen LogP contribution in [-0.2, 0) is 0 Å². The summed E-state index contributed by atoms with van der Waals surface area (Å²) in [4.78, 5) is 30.9. The van der Waals surface area contributed by atoms with Crippen LogP contribution in [0, 0.1) is 5.82 Å². The number of aromatic nitrogens is 6. The maximum Gasteiger partial charge on any atom is 0.275 e. The van der Waals surface area contributed by atoms with Gasteiger partial charge in [0.15, 0.2) is 0 Å². The summed E-state index contributed by atoms with van der Waals surface area (Å²) in [5.74, 6) is -0.415. The minimum atomic E-state index is -0.371. The van der Waals surface area contributed by atoms with Gasteiger partial charge in [-0.2, -0.15) is 5.10 Å². The molecule has 0 saturated carbocycles. The fourth-order valence-electron chi connectivity index (χ4n) is 4.71. The van der Waals surface area contributed by atoms with Crippen molar-refractivity contribution >= 4 is 39.8 Å². The van der Waals surface area contributed by atoms with Gasteiger partial charge in [0.1, 0.15) is 17.2 Å². The molecule has 4 heterocycles. The van der Waals surface area contributed by atoms with Gasteiger partial charge in [-0.25, -0.2) is 23.9 Å². The van der Waals surface area contributed by atoms with E-state index in [2.05, 4.69) is 25.6 Å². The van der Waals surface area contributed by atoms with E-state index in [0.717, 1.165) is 22.2 Å². The second-order valence-electron chi connectivity index (χ2n) is 9.43. The molecular weight excluding hydrogens is 531 g/mol. The average Bonchev–Trinajstić information content (AvgIpc) is 3.41. The van der Waals surface area contributed by atoms with Crippen LogP contribution < -0.4 is 10.6 Å². The number of anilines is 3. The highest BCUT2D eigenvalue weighted by Crippen LogP contribution is 2.35. The fraction of sp³-hybridized carbons (Fsp3) is 0. The smallest absolute Gasteiger partial charge is 0.275 e. The van der Waals surface area contributed by atoms with Crippen molar-refractivity contribution in [1.29, 1.82) is 0 Å². The highest BCUT2D eigenvalue weighted by atomic mass is 19.1. The van der Waals surface area contributed by atoms with E-state index in [1.54, 1.807) is 35.0 Å². The summed E-state index contributed by atoms with van der Waals surface area (Å²) in [6, 6.07) is 28.5. The van der Waals surface area contributed by atoms with Crippen LogP contribution in [-0.4, -0.2) is 35.5 Å². The zero-order valence-electron chi connectivity index (χ0n) is 21.9. The molecule has 0 atom stereocenters. The quantitative estimate of drug-likeness (QED) is 0.241. The highest BCUT2D eigenvalue weighted by Gasteiger charge is 2.19. The monoisotopic (exact) mass is 552 g/mol. The molecule has 202 valence electrons. The Bertz CT molecular complexity index is 2110. The second kappa shape index (κ2) is 10.5. The topological polar surface area (TPSA) is 110 Å².